The molecule has 0 radical (unpaired) electrons. The van der Waals surface area contributed by atoms with Crippen LogP contribution in [0.1, 0.15) is 62.6 Å². The lowest BCUT2D eigenvalue weighted by atomic mass is 9.87. The zero-order chi connectivity index (χ0) is 32.6. The van der Waals surface area contributed by atoms with E-state index in [0.717, 1.165) is 34.0 Å². The Morgan fingerprint density at radius 1 is 1.13 bits per heavy atom. The summed E-state index contributed by atoms with van der Waals surface area (Å²) in [6.45, 7) is 6.06. The van der Waals surface area contributed by atoms with Gasteiger partial charge in [-0.2, -0.15) is 11.3 Å². The van der Waals surface area contributed by atoms with Crippen LogP contribution in [0, 0.1) is 0 Å². The molecule has 2 aliphatic rings. The summed E-state index contributed by atoms with van der Waals surface area (Å²) in [6, 6.07) is 13.7. The maximum absolute atomic E-state index is 14.3. The fourth-order valence-electron chi connectivity index (χ4n) is 6.59. The monoisotopic (exact) mass is 640 g/mol. The van der Waals surface area contributed by atoms with Crippen LogP contribution in [0.15, 0.2) is 65.5 Å². The van der Waals surface area contributed by atoms with Crippen molar-refractivity contribution in [1.82, 2.24) is 15.6 Å². The Kier molecular flexibility index (Phi) is 8.71. The Morgan fingerprint density at radius 2 is 1.93 bits per heavy atom. The first-order valence-corrected chi connectivity index (χ1v) is 16.7. The number of thiophene rings is 1. The lowest BCUT2D eigenvalue weighted by Gasteiger charge is -2.38. The highest BCUT2D eigenvalue weighted by Gasteiger charge is 2.41. The normalized spacial score (nSPS) is 18.0. The molecule has 2 aromatic carbocycles. The van der Waals surface area contributed by atoms with Crippen LogP contribution in [0.5, 0.6) is 0 Å². The van der Waals surface area contributed by atoms with Crippen LogP contribution >= 0.6 is 11.3 Å². The average Bonchev–Trinajstić information content (AvgIpc) is 3.80. The fraction of sp³-hybridized carbons (Fsp3) is 0.371. The number of fused-ring (bicyclic) bond motifs is 2. The number of anilines is 2. The number of rotatable bonds is 10. The average molecular weight is 641 g/mol. The van der Waals surface area contributed by atoms with E-state index in [1.807, 2.05) is 72.4 Å². The second-order valence-corrected chi connectivity index (χ2v) is 13.5. The molecule has 0 bridgehead atoms. The van der Waals surface area contributed by atoms with Crippen molar-refractivity contribution >= 4 is 57.2 Å². The van der Waals surface area contributed by atoms with Gasteiger partial charge in [-0.25, -0.2) is 0 Å². The highest BCUT2D eigenvalue weighted by Crippen LogP contribution is 2.40. The van der Waals surface area contributed by atoms with Crippen molar-refractivity contribution in [2.75, 3.05) is 16.3 Å². The van der Waals surface area contributed by atoms with Crippen molar-refractivity contribution in [2.24, 2.45) is 5.73 Å². The van der Waals surface area contributed by atoms with Crippen LogP contribution < -0.4 is 26.2 Å². The lowest BCUT2D eigenvalue weighted by Crippen LogP contribution is -2.61. The van der Waals surface area contributed by atoms with Gasteiger partial charge < -0.3 is 31.2 Å². The maximum atomic E-state index is 14.3. The van der Waals surface area contributed by atoms with Gasteiger partial charge in [-0.1, -0.05) is 37.3 Å². The molecule has 0 aliphatic carbocycles. The Balaban J connectivity index is 1.35. The third-order valence-corrected chi connectivity index (χ3v) is 9.71. The van der Waals surface area contributed by atoms with Crippen LogP contribution in [0.4, 0.5) is 11.4 Å². The van der Waals surface area contributed by atoms with E-state index in [4.69, 9.17) is 5.73 Å². The molecule has 2 aliphatic heterocycles. The van der Waals surface area contributed by atoms with E-state index in [2.05, 4.69) is 15.6 Å². The number of aromatic nitrogens is 1. The molecule has 1 saturated heterocycles. The first-order valence-electron chi connectivity index (χ1n) is 15.8. The summed E-state index contributed by atoms with van der Waals surface area (Å²) < 4.78 is 0. The number of nitrogens with one attached hydrogen (secondary N) is 3. The number of benzene rings is 2. The van der Waals surface area contributed by atoms with Crippen LogP contribution in [0.3, 0.4) is 0 Å². The number of aromatic amines is 1. The Labute approximate surface area is 272 Å². The topological polar surface area (TPSA) is 141 Å². The molecule has 0 spiro atoms. The summed E-state index contributed by atoms with van der Waals surface area (Å²) in [6.07, 6.45) is 3.92. The molecule has 0 saturated carbocycles. The standard InChI is InChI=1S/C35H40N6O4S/c1-4-23(25-18-37-26-11-6-5-10-24(25)26)30(39-34(45)35(2,3)36)32(43)38-27-17-22-9-7-12-28(40-15-8-13-29(40)42)31(22)41(33(27)44)19-21-14-16-46-20-21/h5-7,9-12,14,16,18,20,23,27,30,37H,4,8,13,15,17,19,36H2,1-3H3,(H,38,43)(H,39,45)/t23?,27?,30-/m1/s1. The zero-order valence-corrected chi connectivity index (χ0v) is 27.2. The molecular weight excluding hydrogens is 600 g/mol. The molecule has 6 rings (SSSR count). The van der Waals surface area contributed by atoms with Crippen molar-refractivity contribution in [2.45, 2.75) is 76.5 Å². The molecule has 1 fully saturated rings. The summed E-state index contributed by atoms with van der Waals surface area (Å²) in [5.74, 6) is -1.56. The Morgan fingerprint density at radius 3 is 2.63 bits per heavy atom. The van der Waals surface area contributed by atoms with Gasteiger partial charge in [-0.15, -0.1) is 0 Å². The number of para-hydroxylation sites is 2. The van der Waals surface area contributed by atoms with Crippen molar-refractivity contribution in [3.63, 3.8) is 0 Å². The summed E-state index contributed by atoms with van der Waals surface area (Å²) >= 11 is 1.54. The van der Waals surface area contributed by atoms with E-state index < -0.39 is 35.4 Å². The van der Waals surface area contributed by atoms with Gasteiger partial charge in [-0.3, -0.25) is 19.2 Å². The van der Waals surface area contributed by atoms with Crippen molar-refractivity contribution < 1.29 is 19.2 Å². The van der Waals surface area contributed by atoms with Crippen LogP contribution in [-0.2, 0) is 32.1 Å². The van der Waals surface area contributed by atoms with E-state index in [-0.39, 0.29) is 18.2 Å². The molecule has 10 nitrogen and oxygen atoms in total. The van der Waals surface area contributed by atoms with Gasteiger partial charge in [0, 0.05) is 42.4 Å². The second-order valence-electron chi connectivity index (χ2n) is 12.7. The maximum Gasteiger partial charge on any atom is 0.250 e. The van der Waals surface area contributed by atoms with Gasteiger partial charge in [0.1, 0.15) is 12.1 Å². The highest BCUT2D eigenvalue weighted by atomic mass is 32.1. The number of hydrogen-bond acceptors (Lipinski definition) is 6. The van der Waals surface area contributed by atoms with Gasteiger partial charge in [0.05, 0.1) is 23.5 Å². The third-order valence-electron chi connectivity index (χ3n) is 8.98. The molecule has 4 aromatic rings. The van der Waals surface area contributed by atoms with Gasteiger partial charge >= 0.3 is 0 Å². The van der Waals surface area contributed by atoms with Gasteiger partial charge in [0.25, 0.3) is 0 Å². The minimum Gasteiger partial charge on any atom is -0.361 e. The molecule has 46 heavy (non-hydrogen) atoms. The fourth-order valence-corrected chi connectivity index (χ4v) is 7.25. The van der Waals surface area contributed by atoms with Crippen LogP contribution in [0.25, 0.3) is 10.9 Å². The lowest BCUT2D eigenvalue weighted by molar-refractivity contribution is -0.133. The number of nitrogens with two attached hydrogens (primary N) is 1. The summed E-state index contributed by atoms with van der Waals surface area (Å²) in [7, 11) is 0. The van der Waals surface area contributed by atoms with E-state index >= 15 is 0 Å². The van der Waals surface area contributed by atoms with Crippen molar-refractivity contribution in [3.05, 3.63) is 82.2 Å². The van der Waals surface area contributed by atoms with Crippen molar-refractivity contribution in [1.29, 1.82) is 0 Å². The molecular formula is C35H40N6O4S. The summed E-state index contributed by atoms with van der Waals surface area (Å²) in [4.78, 5) is 61.4. The largest absolute Gasteiger partial charge is 0.361 e. The molecule has 4 heterocycles. The quantitative estimate of drug-likeness (QED) is 0.204. The first-order chi connectivity index (χ1) is 22.1. The minimum atomic E-state index is -1.22. The highest BCUT2D eigenvalue weighted by molar-refractivity contribution is 7.07. The van der Waals surface area contributed by atoms with E-state index in [1.165, 1.54) is 0 Å². The minimum absolute atomic E-state index is 0.0380. The van der Waals surface area contributed by atoms with Crippen molar-refractivity contribution in [3.8, 4) is 0 Å². The molecule has 5 N–H and O–H groups in total. The van der Waals surface area contributed by atoms with Gasteiger partial charge in [0.2, 0.25) is 23.6 Å². The summed E-state index contributed by atoms with van der Waals surface area (Å²) in [5.41, 5.74) is 10.0. The Hall–Kier alpha value is -4.48. The predicted molar refractivity (Wildman–Crippen MR) is 181 cm³/mol. The number of H-pyrrole nitrogens is 1. The van der Waals surface area contributed by atoms with Gasteiger partial charge in [0.15, 0.2) is 0 Å². The molecule has 3 atom stereocenters. The zero-order valence-electron chi connectivity index (χ0n) is 26.3. The van der Waals surface area contributed by atoms with Gasteiger partial charge in [-0.05, 0) is 72.3 Å². The Bertz CT molecular complexity index is 1770. The second kappa shape index (κ2) is 12.7. The molecule has 4 amide bonds. The molecule has 11 heteroatoms. The first kappa shape index (κ1) is 31.5. The summed E-state index contributed by atoms with van der Waals surface area (Å²) in [5, 5.41) is 10.9. The number of nitrogens with zero attached hydrogens (tertiary/aromatic N) is 2. The SMILES string of the molecule is CCC(c1c[nH]c2ccccc12)[C@@H](NC(=O)C(C)(C)N)C(=O)NC1Cc2cccc(N3CCCC3=O)c2N(Cc2ccsc2)C1=O. The van der Waals surface area contributed by atoms with E-state index in [0.29, 0.717) is 37.3 Å². The third kappa shape index (κ3) is 6.04. The number of amides is 4. The number of carbonyl (C=O) groups is 4. The molecule has 2 aromatic heterocycles. The number of carbonyl (C=O) groups excluding carboxylic acids is 4. The van der Waals surface area contributed by atoms with Crippen LogP contribution in [0.2, 0.25) is 0 Å². The van der Waals surface area contributed by atoms with Crippen LogP contribution in [-0.4, -0.2) is 52.8 Å². The van der Waals surface area contributed by atoms with E-state index in [9.17, 15) is 19.2 Å². The molecule has 2 unspecified atom stereocenters. The van der Waals surface area contributed by atoms with E-state index in [1.54, 1.807) is 35.0 Å². The smallest absolute Gasteiger partial charge is 0.250 e. The predicted octanol–water partition coefficient (Wildman–Crippen LogP) is 4.35. The number of hydrogen-bond donors (Lipinski definition) is 4. The molecule has 240 valence electrons.